The Morgan fingerprint density at radius 1 is 1.00 bits per heavy atom. The topological polar surface area (TPSA) is 74.3 Å². The Morgan fingerprint density at radius 3 is 2.36 bits per heavy atom. The van der Waals surface area contributed by atoms with E-state index < -0.39 is 6.10 Å². The average molecular weight is 489 g/mol. The summed E-state index contributed by atoms with van der Waals surface area (Å²) in [6.07, 6.45) is 9.76. The summed E-state index contributed by atoms with van der Waals surface area (Å²) in [6.45, 7) is 5.60. The molecule has 1 atom stereocenters. The number of aryl methyl sites for hydroxylation is 2. The Kier molecular flexibility index (Phi) is 7.78. The largest absolute Gasteiger partial charge is 0.491 e. The summed E-state index contributed by atoms with van der Waals surface area (Å²) in [6, 6.07) is 12.3. The fraction of sp³-hybridized carbons (Fsp3) is 0.516. The lowest BCUT2D eigenvalue weighted by Gasteiger charge is -2.23. The summed E-state index contributed by atoms with van der Waals surface area (Å²) in [5, 5.41) is 15.6. The summed E-state index contributed by atoms with van der Waals surface area (Å²) in [4.78, 5) is 15.1. The molecule has 2 aliphatic carbocycles. The maximum atomic E-state index is 12.1. The molecule has 2 aromatic carbocycles. The Balaban J connectivity index is 1.28. The number of hydrogen-bond acceptors (Lipinski definition) is 4. The van der Waals surface area contributed by atoms with E-state index in [9.17, 15) is 9.90 Å². The van der Waals surface area contributed by atoms with E-state index >= 15 is 0 Å². The van der Waals surface area contributed by atoms with E-state index in [1.165, 1.54) is 60.4 Å². The first kappa shape index (κ1) is 25.0. The summed E-state index contributed by atoms with van der Waals surface area (Å²) in [5.41, 5.74) is 7.15. The molecule has 3 N–H and O–H groups in total. The molecule has 1 fully saturated rings. The molecule has 0 saturated heterocycles. The van der Waals surface area contributed by atoms with Crippen LogP contribution in [-0.4, -0.2) is 29.3 Å². The van der Waals surface area contributed by atoms with Crippen LogP contribution in [-0.2, 0) is 25.7 Å². The maximum Gasteiger partial charge on any atom is 0.248 e. The molecule has 1 aromatic heterocycles. The van der Waals surface area contributed by atoms with Crippen LogP contribution >= 0.6 is 0 Å². The van der Waals surface area contributed by atoms with Gasteiger partial charge >= 0.3 is 0 Å². The van der Waals surface area contributed by atoms with Gasteiger partial charge in [0.1, 0.15) is 5.75 Å². The fourth-order valence-corrected chi connectivity index (χ4v) is 6.19. The van der Waals surface area contributed by atoms with Crippen LogP contribution in [0.5, 0.6) is 5.75 Å². The minimum absolute atomic E-state index is 0.156. The van der Waals surface area contributed by atoms with Gasteiger partial charge in [-0.05, 0) is 84.4 Å². The van der Waals surface area contributed by atoms with Gasteiger partial charge in [-0.3, -0.25) is 4.79 Å². The zero-order valence-electron chi connectivity index (χ0n) is 21.7. The van der Waals surface area contributed by atoms with E-state index in [2.05, 4.69) is 36.3 Å². The zero-order chi connectivity index (χ0) is 25.1. The van der Waals surface area contributed by atoms with Crippen LogP contribution < -0.4 is 15.6 Å². The molecule has 1 saturated carbocycles. The van der Waals surface area contributed by atoms with Gasteiger partial charge < -0.3 is 20.1 Å². The normalized spacial score (nSPS) is 17.4. The molecule has 5 heteroatoms. The molecule has 5 rings (SSSR count). The summed E-state index contributed by atoms with van der Waals surface area (Å²) in [5.74, 6) is 1.28. The highest BCUT2D eigenvalue weighted by Gasteiger charge is 2.24. The number of ether oxygens (including phenoxy) is 1. The fourth-order valence-electron chi connectivity index (χ4n) is 6.19. The smallest absolute Gasteiger partial charge is 0.248 e. The SMILES string of the molecule is CCc1cc2c(cc1CC)CC(NCC(O)c1ccc(OCC3CCCCC3)c3[nH]c(=O)ccc13)C2. The highest BCUT2D eigenvalue weighted by molar-refractivity contribution is 5.87. The second-order valence-electron chi connectivity index (χ2n) is 10.7. The van der Waals surface area contributed by atoms with Gasteiger partial charge in [-0.15, -0.1) is 0 Å². The van der Waals surface area contributed by atoms with Gasteiger partial charge in [0.15, 0.2) is 0 Å². The molecule has 36 heavy (non-hydrogen) atoms. The number of rotatable bonds is 9. The lowest BCUT2D eigenvalue weighted by molar-refractivity contribution is 0.171. The molecule has 1 heterocycles. The van der Waals surface area contributed by atoms with Crippen LogP contribution in [0.1, 0.15) is 79.9 Å². The predicted octanol–water partition coefficient (Wildman–Crippen LogP) is 5.40. The van der Waals surface area contributed by atoms with Gasteiger partial charge in [-0.25, -0.2) is 0 Å². The lowest BCUT2D eigenvalue weighted by Crippen LogP contribution is -2.33. The Bertz CT molecular complexity index is 1230. The number of aliphatic hydroxyl groups is 1. The second kappa shape index (κ2) is 11.2. The van der Waals surface area contributed by atoms with Crippen LogP contribution in [0.15, 0.2) is 41.2 Å². The Hall–Kier alpha value is -2.63. The average Bonchev–Trinajstić information content (AvgIpc) is 3.31. The summed E-state index contributed by atoms with van der Waals surface area (Å²) in [7, 11) is 0. The Morgan fingerprint density at radius 2 is 1.69 bits per heavy atom. The van der Waals surface area contributed by atoms with Gasteiger partial charge in [0.05, 0.1) is 18.2 Å². The van der Waals surface area contributed by atoms with Crippen LogP contribution in [0.2, 0.25) is 0 Å². The molecular weight excluding hydrogens is 448 g/mol. The van der Waals surface area contributed by atoms with Crippen molar-refractivity contribution in [2.45, 2.75) is 83.8 Å². The molecular formula is C31H40N2O3. The van der Waals surface area contributed by atoms with E-state index in [1.54, 1.807) is 0 Å². The van der Waals surface area contributed by atoms with E-state index in [1.807, 2.05) is 18.2 Å². The van der Waals surface area contributed by atoms with E-state index in [-0.39, 0.29) is 5.56 Å². The van der Waals surface area contributed by atoms with Crippen LogP contribution in [0.4, 0.5) is 0 Å². The number of nitrogens with one attached hydrogen (secondary N) is 2. The van der Waals surface area contributed by atoms with E-state index in [0.29, 0.717) is 36.4 Å². The van der Waals surface area contributed by atoms with Gasteiger partial charge in [-0.1, -0.05) is 51.3 Å². The quantitative estimate of drug-likeness (QED) is 0.377. The minimum atomic E-state index is -0.674. The van der Waals surface area contributed by atoms with Crippen molar-refractivity contribution >= 4 is 10.9 Å². The third-order valence-corrected chi connectivity index (χ3v) is 8.27. The molecule has 0 radical (unpaired) electrons. The number of aromatic amines is 1. The number of aliphatic hydroxyl groups excluding tert-OH is 1. The molecule has 192 valence electrons. The van der Waals surface area contributed by atoms with Crippen LogP contribution in [0.3, 0.4) is 0 Å². The highest BCUT2D eigenvalue weighted by Crippen LogP contribution is 2.32. The van der Waals surface area contributed by atoms with Crippen molar-refractivity contribution in [2.24, 2.45) is 5.92 Å². The number of aromatic nitrogens is 1. The molecule has 5 nitrogen and oxygen atoms in total. The molecule has 2 aliphatic rings. The number of pyridine rings is 1. The number of fused-ring (bicyclic) bond motifs is 2. The predicted molar refractivity (Wildman–Crippen MR) is 146 cm³/mol. The number of hydrogen-bond donors (Lipinski definition) is 3. The van der Waals surface area contributed by atoms with Crippen LogP contribution in [0, 0.1) is 5.92 Å². The molecule has 3 aromatic rings. The molecule has 0 spiro atoms. The van der Waals surface area contributed by atoms with Gasteiger partial charge in [0, 0.05) is 24.0 Å². The maximum absolute atomic E-state index is 12.1. The summed E-state index contributed by atoms with van der Waals surface area (Å²) >= 11 is 0. The van der Waals surface area contributed by atoms with Gasteiger partial charge in [0.2, 0.25) is 5.56 Å². The van der Waals surface area contributed by atoms with Crippen molar-refractivity contribution in [3.05, 3.63) is 74.6 Å². The number of H-pyrrole nitrogens is 1. The molecule has 0 amide bonds. The van der Waals surface area contributed by atoms with E-state index in [0.717, 1.165) is 36.6 Å². The summed E-state index contributed by atoms with van der Waals surface area (Å²) < 4.78 is 6.20. The highest BCUT2D eigenvalue weighted by atomic mass is 16.5. The number of benzene rings is 2. The molecule has 0 aliphatic heterocycles. The van der Waals surface area contributed by atoms with Crippen molar-refractivity contribution in [3.8, 4) is 5.75 Å². The zero-order valence-corrected chi connectivity index (χ0v) is 21.7. The first-order valence-corrected chi connectivity index (χ1v) is 13.9. The van der Waals surface area contributed by atoms with Crippen molar-refractivity contribution < 1.29 is 9.84 Å². The first-order chi connectivity index (χ1) is 17.6. The Labute approximate surface area is 214 Å². The lowest BCUT2D eigenvalue weighted by atomic mass is 9.90. The van der Waals surface area contributed by atoms with E-state index in [4.69, 9.17) is 4.74 Å². The molecule has 0 bridgehead atoms. The third-order valence-electron chi connectivity index (χ3n) is 8.27. The monoisotopic (exact) mass is 488 g/mol. The first-order valence-electron chi connectivity index (χ1n) is 13.9. The standard InChI is InChI=1S/C31H40N2O3/c1-3-21-14-23-16-25(17-24(23)15-22(21)4-2)32-18-28(34)26-10-12-29(31-27(26)11-13-30(35)33-31)36-19-20-8-6-5-7-9-20/h10-15,20,25,28,32,34H,3-9,16-19H2,1-2H3,(H,33,35). The van der Waals surface area contributed by atoms with Crippen molar-refractivity contribution in [1.82, 2.24) is 10.3 Å². The van der Waals surface area contributed by atoms with Crippen molar-refractivity contribution in [3.63, 3.8) is 0 Å². The third kappa shape index (κ3) is 5.37. The van der Waals surface area contributed by atoms with Gasteiger partial charge in [-0.2, -0.15) is 0 Å². The van der Waals surface area contributed by atoms with Crippen LogP contribution in [0.25, 0.3) is 10.9 Å². The van der Waals surface area contributed by atoms with Gasteiger partial charge in [0.25, 0.3) is 0 Å². The van der Waals surface area contributed by atoms with Crippen molar-refractivity contribution in [2.75, 3.05) is 13.2 Å². The van der Waals surface area contributed by atoms with Crippen molar-refractivity contribution in [1.29, 1.82) is 0 Å². The minimum Gasteiger partial charge on any atom is -0.491 e. The molecule has 1 unspecified atom stereocenters. The second-order valence-corrected chi connectivity index (χ2v) is 10.7.